The summed E-state index contributed by atoms with van der Waals surface area (Å²) in [6, 6.07) is 1.77. The van der Waals surface area contributed by atoms with Crippen molar-refractivity contribution in [1.82, 2.24) is 10.2 Å². The van der Waals surface area contributed by atoms with Crippen LogP contribution in [0.25, 0.3) is 0 Å². The first kappa shape index (κ1) is 14.7. The van der Waals surface area contributed by atoms with Crippen LogP contribution in [0.4, 0.5) is 17.6 Å². The van der Waals surface area contributed by atoms with Crippen molar-refractivity contribution in [3.8, 4) is 0 Å². The predicted molar refractivity (Wildman–Crippen MR) is 67.1 cm³/mol. The number of carbonyl (C=O) groups excluding carboxylic acids is 1. The molecule has 1 aliphatic heterocycles. The Morgan fingerprint density at radius 3 is 2.55 bits per heavy atom. The predicted octanol–water partition coefficient (Wildman–Crippen LogP) is 2.45. The van der Waals surface area contributed by atoms with Crippen LogP contribution in [0.15, 0.2) is 18.2 Å². The van der Waals surface area contributed by atoms with E-state index in [1.165, 1.54) is 0 Å². The number of carbonyl (C=O) groups is 1. The van der Waals surface area contributed by atoms with Crippen LogP contribution in [0.5, 0.6) is 0 Å². The van der Waals surface area contributed by atoms with Gasteiger partial charge in [-0.05, 0) is 36.8 Å². The molecule has 8 heteroatoms. The molecule has 1 amide bonds. The molecule has 1 aromatic carbocycles. The first-order valence-corrected chi connectivity index (χ1v) is 6.08. The van der Waals surface area contributed by atoms with E-state index in [1.807, 2.05) is 0 Å². The minimum Gasteiger partial charge on any atom is -0.351 e. The average molecular weight is 306 g/mol. The van der Waals surface area contributed by atoms with Gasteiger partial charge in [-0.2, -0.15) is 13.2 Å². The second kappa shape index (κ2) is 5.01. The lowest BCUT2D eigenvalue weighted by Gasteiger charge is -2.18. The van der Waals surface area contributed by atoms with E-state index in [2.05, 4.69) is 5.32 Å². The zero-order valence-electron chi connectivity index (χ0n) is 10.3. The van der Waals surface area contributed by atoms with Crippen molar-refractivity contribution in [2.24, 2.45) is 0 Å². The molecular formula is C12H10F4N2OS. The summed E-state index contributed by atoms with van der Waals surface area (Å²) >= 11 is 4.89. The van der Waals surface area contributed by atoms with Gasteiger partial charge in [0.2, 0.25) is 0 Å². The van der Waals surface area contributed by atoms with Crippen molar-refractivity contribution in [2.45, 2.75) is 25.7 Å². The fourth-order valence-corrected chi connectivity index (χ4v) is 2.26. The Kier molecular flexibility index (Phi) is 3.68. The summed E-state index contributed by atoms with van der Waals surface area (Å²) in [5.74, 6) is -1.39. The normalized spacial score (nSPS) is 19.4. The number of hydrogen-bond donors (Lipinski definition) is 1. The number of benzene rings is 1. The summed E-state index contributed by atoms with van der Waals surface area (Å²) in [4.78, 5) is 12.8. The zero-order valence-corrected chi connectivity index (χ0v) is 11.1. The summed E-state index contributed by atoms with van der Waals surface area (Å²) < 4.78 is 51.6. The molecule has 108 valence electrons. The Balaban J connectivity index is 2.35. The van der Waals surface area contributed by atoms with Crippen LogP contribution in [0.1, 0.15) is 18.1 Å². The monoisotopic (exact) mass is 306 g/mol. The van der Waals surface area contributed by atoms with Gasteiger partial charge in [-0.15, -0.1) is 0 Å². The van der Waals surface area contributed by atoms with Crippen LogP contribution < -0.4 is 5.32 Å². The van der Waals surface area contributed by atoms with Crippen molar-refractivity contribution in [3.63, 3.8) is 0 Å². The maximum atomic E-state index is 13.0. The molecule has 1 fully saturated rings. The lowest BCUT2D eigenvalue weighted by atomic mass is 10.1. The standard InChI is InChI=1S/C12H10F4N2OS/c1-6-10(19)18(11(20)17-6)5-7-2-3-8(13)4-9(7)12(14,15)16/h2-4,6H,5H2,1H3,(H,17,20)/t6-/m1/s1. The first-order valence-electron chi connectivity index (χ1n) is 5.67. The van der Waals surface area contributed by atoms with Gasteiger partial charge in [-0.1, -0.05) is 6.07 Å². The van der Waals surface area contributed by atoms with Gasteiger partial charge >= 0.3 is 6.18 Å². The highest BCUT2D eigenvalue weighted by Gasteiger charge is 2.37. The van der Waals surface area contributed by atoms with Gasteiger partial charge in [0, 0.05) is 0 Å². The van der Waals surface area contributed by atoms with Gasteiger partial charge in [0.25, 0.3) is 5.91 Å². The minimum absolute atomic E-state index is 0.0694. The Labute approximate surface area is 117 Å². The van der Waals surface area contributed by atoms with E-state index in [0.29, 0.717) is 6.07 Å². The van der Waals surface area contributed by atoms with Crippen molar-refractivity contribution in [3.05, 3.63) is 35.1 Å². The van der Waals surface area contributed by atoms with E-state index in [9.17, 15) is 22.4 Å². The Bertz CT molecular complexity index is 573. The summed E-state index contributed by atoms with van der Waals surface area (Å²) in [5.41, 5.74) is -1.31. The third-order valence-corrected chi connectivity index (χ3v) is 3.27. The van der Waals surface area contributed by atoms with Gasteiger partial charge in [-0.3, -0.25) is 9.69 Å². The molecule has 0 aliphatic carbocycles. The van der Waals surface area contributed by atoms with Gasteiger partial charge in [0.15, 0.2) is 5.11 Å². The highest BCUT2D eigenvalue weighted by atomic mass is 32.1. The maximum absolute atomic E-state index is 13.0. The van der Waals surface area contributed by atoms with E-state index in [-0.39, 0.29) is 17.2 Å². The molecule has 1 N–H and O–H groups in total. The van der Waals surface area contributed by atoms with Crippen LogP contribution in [-0.2, 0) is 17.5 Å². The Morgan fingerprint density at radius 2 is 2.05 bits per heavy atom. The fourth-order valence-electron chi connectivity index (χ4n) is 1.93. The third-order valence-electron chi connectivity index (χ3n) is 2.93. The molecule has 1 saturated heterocycles. The van der Waals surface area contributed by atoms with Gasteiger partial charge in [0.05, 0.1) is 12.1 Å². The van der Waals surface area contributed by atoms with E-state index in [0.717, 1.165) is 17.0 Å². The number of rotatable bonds is 2. The molecular weight excluding hydrogens is 296 g/mol. The van der Waals surface area contributed by atoms with Crippen LogP contribution in [0, 0.1) is 5.82 Å². The SMILES string of the molecule is C[C@H]1NC(=S)N(Cc2ccc(F)cc2C(F)(F)F)C1=O. The highest BCUT2D eigenvalue weighted by molar-refractivity contribution is 7.80. The molecule has 2 rings (SSSR count). The fraction of sp³-hybridized carbons (Fsp3) is 0.333. The second-order valence-electron chi connectivity index (χ2n) is 4.39. The van der Waals surface area contributed by atoms with Crippen LogP contribution in [0.3, 0.4) is 0 Å². The molecule has 0 saturated carbocycles. The lowest BCUT2D eigenvalue weighted by Crippen LogP contribution is -2.31. The number of nitrogens with one attached hydrogen (secondary N) is 1. The molecule has 1 aliphatic rings. The zero-order chi connectivity index (χ0) is 15.1. The molecule has 0 aromatic heterocycles. The van der Waals surface area contributed by atoms with Crippen LogP contribution >= 0.6 is 12.2 Å². The van der Waals surface area contributed by atoms with Crippen molar-refractivity contribution >= 4 is 23.2 Å². The van der Waals surface area contributed by atoms with E-state index < -0.39 is 29.5 Å². The van der Waals surface area contributed by atoms with Gasteiger partial charge in [-0.25, -0.2) is 4.39 Å². The molecule has 1 atom stereocenters. The van der Waals surface area contributed by atoms with Gasteiger partial charge in [0.1, 0.15) is 11.9 Å². The minimum atomic E-state index is -4.69. The molecule has 3 nitrogen and oxygen atoms in total. The average Bonchev–Trinajstić information content (AvgIpc) is 2.56. The topological polar surface area (TPSA) is 32.3 Å². The molecule has 0 spiro atoms. The van der Waals surface area contributed by atoms with E-state index in [4.69, 9.17) is 12.2 Å². The van der Waals surface area contributed by atoms with Crippen LogP contribution in [0.2, 0.25) is 0 Å². The second-order valence-corrected chi connectivity index (χ2v) is 4.78. The van der Waals surface area contributed by atoms with Crippen molar-refractivity contribution < 1.29 is 22.4 Å². The lowest BCUT2D eigenvalue weighted by molar-refractivity contribution is -0.139. The molecule has 1 heterocycles. The molecule has 0 unspecified atom stereocenters. The third kappa shape index (κ3) is 2.74. The van der Waals surface area contributed by atoms with Crippen molar-refractivity contribution in [1.29, 1.82) is 0 Å². The van der Waals surface area contributed by atoms with Crippen molar-refractivity contribution in [2.75, 3.05) is 0 Å². The Hall–Kier alpha value is -1.70. The summed E-state index contributed by atoms with van der Waals surface area (Å²) in [6.45, 7) is 1.22. The molecule has 0 bridgehead atoms. The first-order chi connectivity index (χ1) is 9.20. The quantitative estimate of drug-likeness (QED) is 0.673. The summed E-state index contributed by atoms with van der Waals surface area (Å²) in [5, 5.41) is 2.73. The molecule has 0 radical (unpaired) electrons. The number of hydrogen-bond acceptors (Lipinski definition) is 2. The number of amides is 1. The number of nitrogens with zero attached hydrogens (tertiary/aromatic N) is 1. The van der Waals surface area contributed by atoms with Gasteiger partial charge < -0.3 is 5.32 Å². The summed E-state index contributed by atoms with van der Waals surface area (Å²) in [6.07, 6.45) is -4.69. The number of thiocarbonyl (C=S) groups is 1. The highest BCUT2D eigenvalue weighted by Crippen LogP contribution is 2.33. The number of alkyl halides is 3. The largest absolute Gasteiger partial charge is 0.416 e. The molecule has 1 aromatic rings. The molecule has 20 heavy (non-hydrogen) atoms. The Morgan fingerprint density at radius 1 is 1.40 bits per heavy atom. The summed E-state index contributed by atoms with van der Waals surface area (Å²) in [7, 11) is 0. The maximum Gasteiger partial charge on any atom is 0.416 e. The van der Waals surface area contributed by atoms with E-state index in [1.54, 1.807) is 6.92 Å². The van der Waals surface area contributed by atoms with Crippen LogP contribution in [-0.4, -0.2) is 22.0 Å². The smallest absolute Gasteiger partial charge is 0.351 e. The van der Waals surface area contributed by atoms with E-state index >= 15 is 0 Å². The number of halogens is 4.